The normalized spacial score (nSPS) is 13.8. The van der Waals surface area contributed by atoms with Gasteiger partial charge in [0.1, 0.15) is 5.75 Å². The van der Waals surface area contributed by atoms with Gasteiger partial charge in [-0.15, -0.1) is 0 Å². The predicted octanol–water partition coefficient (Wildman–Crippen LogP) is 5.75. The van der Waals surface area contributed by atoms with Crippen LogP contribution in [0.2, 0.25) is 0 Å². The summed E-state index contributed by atoms with van der Waals surface area (Å²) >= 11 is 0. The molecule has 3 rings (SSSR count). The van der Waals surface area contributed by atoms with E-state index in [2.05, 4.69) is 18.7 Å². The van der Waals surface area contributed by atoms with Gasteiger partial charge < -0.3 is 14.6 Å². The van der Waals surface area contributed by atoms with Gasteiger partial charge in [0.25, 0.3) is 0 Å². The molecule has 34 heavy (non-hydrogen) atoms. The summed E-state index contributed by atoms with van der Waals surface area (Å²) in [6.07, 6.45) is 0.379. The number of nitrogens with zero attached hydrogens (tertiary/aromatic N) is 3. The van der Waals surface area contributed by atoms with Gasteiger partial charge in [-0.25, -0.2) is 4.68 Å². The Morgan fingerprint density at radius 3 is 2.24 bits per heavy atom. The molecule has 184 valence electrons. The van der Waals surface area contributed by atoms with Gasteiger partial charge in [0, 0.05) is 19.1 Å². The SMILES string of the molecule is CCC(C)N(Cc1c(C)nn(-c2ccccc2)c1Oc1ccccc1)CC(O)COC(C)(C)C. The van der Waals surface area contributed by atoms with Crippen molar-refractivity contribution in [3.63, 3.8) is 0 Å². The second-order valence-corrected chi connectivity index (χ2v) is 9.80. The summed E-state index contributed by atoms with van der Waals surface area (Å²) in [5.41, 5.74) is 2.57. The molecule has 0 aliphatic heterocycles. The third-order valence-electron chi connectivity index (χ3n) is 5.83. The van der Waals surface area contributed by atoms with Crippen LogP contribution in [0.1, 0.15) is 52.3 Å². The van der Waals surface area contributed by atoms with Gasteiger partial charge in [-0.2, -0.15) is 5.10 Å². The molecule has 1 heterocycles. The number of rotatable bonds is 11. The Hall–Kier alpha value is -2.67. The van der Waals surface area contributed by atoms with Crippen LogP contribution in [0, 0.1) is 6.92 Å². The molecule has 1 aromatic heterocycles. The van der Waals surface area contributed by atoms with Gasteiger partial charge in [-0.1, -0.05) is 43.3 Å². The topological polar surface area (TPSA) is 59.8 Å². The molecular weight excluding hydrogens is 426 g/mol. The molecule has 0 aliphatic rings. The first-order valence-electron chi connectivity index (χ1n) is 12.1. The van der Waals surface area contributed by atoms with Gasteiger partial charge in [-0.3, -0.25) is 4.90 Å². The fourth-order valence-electron chi connectivity index (χ4n) is 3.70. The number of aryl methyl sites for hydroxylation is 1. The Kier molecular flexibility index (Phi) is 8.89. The number of aliphatic hydroxyl groups excluding tert-OH is 1. The minimum Gasteiger partial charge on any atom is -0.439 e. The number of aromatic nitrogens is 2. The molecule has 2 atom stereocenters. The number of ether oxygens (including phenoxy) is 2. The van der Waals surface area contributed by atoms with Crippen molar-refractivity contribution in [2.45, 2.75) is 72.3 Å². The maximum absolute atomic E-state index is 10.7. The Morgan fingerprint density at radius 2 is 1.65 bits per heavy atom. The van der Waals surface area contributed by atoms with Crippen LogP contribution in [0.3, 0.4) is 0 Å². The molecule has 0 amide bonds. The Morgan fingerprint density at radius 1 is 1.03 bits per heavy atom. The molecule has 6 heteroatoms. The van der Waals surface area contributed by atoms with E-state index in [1.54, 1.807) is 0 Å². The molecule has 0 fully saturated rings. The summed E-state index contributed by atoms with van der Waals surface area (Å²) in [6.45, 7) is 13.8. The van der Waals surface area contributed by atoms with Crippen LogP contribution in [-0.4, -0.2) is 50.7 Å². The molecule has 0 radical (unpaired) electrons. The molecule has 2 unspecified atom stereocenters. The van der Waals surface area contributed by atoms with E-state index in [-0.39, 0.29) is 11.6 Å². The molecule has 0 bridgehead atoms. The number of hydrogen-bond donors (Lipinski definition) is 1. The van der Waals surface area contributed by atoms with Crippen molar-refractivity contribution >= 4 is 0 Å². The maximum Gasteiger partial charge on any atom is 0.227 e. The lowest BCUT2D eigenvalue weighted by atomic mass is 10.1. The van der Waals surface area contributed by atoms with Gasteiger partial charge in [0.15, 0.2) is 0 Å². The van der Waals surface area contributed by atoms with E-state index in [1.165, 1.54) is 0 Å². The van der Waals surface area contributed by atoms with Crippen LogP contribution in [0.4, 0.5) is 0 Å². The van der Waals surface area contributed by atoms with Crippen molar-refractivity contribution in [3.05, 3.63) is 71.9 Å². The van der Waals surface area contributed by atoms with Crippen LogP contribution in [0.15, 0.2) is 60.7 Å². The first-order chi connectivity index (χ1) is 16.2. The lowest BCUT2D eigenvalue weighted by molar-refractivity contribution is -0.0593. The second kappa shape index (κ2) is 11.6. The maximum atomic E-state index is 10.7. The highest BCUT2D eigenvalue weighted by atomic mass is 16.5. The van der Waals surface area contributed by atoms with E-state index in [1.807, 2.05) is 93.0 Å². The van der Waals surface area contributed by atoms with Crippen molar-refractivity contribution in [3.8, 4) is 17.3 Å². The first kappa shape index (κ1) is 25.9. The summed E-state index contributed by atoms with van der Waals surface area (Å²) in [4.78, 5) is 2.29. The monoisotopic (exact) mass is 465 g/mol. The van der Waals surface area contributed by atoms with Crippen molar-refractivity contribution in [1.82, 2.24) is 14.7 Å². The van der Waals surface area contributed by atoms with Crippen molar-refractivity contribution in [2.75, 3.05) is 13.2 Å². The average molecular weight is 466 g/mol. The zero-order chi connectivity index (χ0) is 24.7. The Labute approximate surface area is 204 Å². The van der Waals surface area contributed by atoms with Crippen molar-refractivity contribution in [1.29, 1.82) is 0 Å². The van der Waals surface area contributed by atoms with Crippen LogP contribution in [0.5, 0.6) is 11.6 Å². The molecule has 0 saturated carbocycles. The lowest BCUT2D eigenvalue weighted by Gasteiger charge is -2.31. The summed E-state index contributed by atoms with van der Waals surface area (Å²) < 4.78 is 14.1. The van der Waals surface area contributed by atoms with Crippen LogP contribution in [0.25, 0.3) is 5.69 Å². The number of aliphatic hydroxyl groups is 1. The molecule has 0 aliphatic carbocycles. The van der Waals surface area contributed by atoms with Gasteiger partial charge in [0.05, 0.1) is 35.3 Å². The zero-order valence-corrected chi connectivity index (χ0v) is 21.4. The van der Waals surface area contributed by atoms with Gasteiger partial charge >= 0.3 is 0 Å². The number of para-hydroxylation sites is 2. The van der Waals surface area contributed by atoms with Gasteiger partial charge in [-0.05, 0) is 65.3 Å². The number of hydrogen-bond acceptors (Lipinski definition) is 5. The van der Waals surface area contributed by atoms with Gasteiger partial charge in [0.2, 0.25) is 5.88 Å². The van der Waals surface area contributed by atoms with Crippen molar-refractivity contribution < 1.29 is 14.6 Å². The smallest absolute Gasteiger partial charge is 0.227 e. The number of benzene rings is 2. The Bertz CT molecular complexity index is 1010. The molecule has 2 aromatic carbocycles. The highest BCUT2D eigenvalue weighted by Crippen LogP contribution is 2.32. The largest absolute Gasteiger partial charge is 0.439 e. The zero-order valence-electron chi connectivity index (χ0n) is 21.4. The summed E-state index contributed by atoms with van der Waals surface area (Å²) in [7, 11) is 0. The third kappa shape index (κ3) is 7.16. The summed E-state index contributed by atoms with van der Waals surface area (Å²) in [5, 5.41) is 15.6. The minimum atomic E-state index is -0.587. The van der Waals surface area contributed by atoms with E-state index in [0.29, 0.717) is 25.6 Å². The molecule has 6 nitrogen and oxygen atoms in total. The fraction of sp³-hybridized carbons (Fsp3) is 0.464. The van der Waals surface area contributed by atoms with Crippen LogP contribution >= 0.6 is 0 Å². The van der Waals surface area contributed by atoms with Crippen LogP contribution in [-0.2, 0) is 11.3 Å². The summed E-state index contributed by atoms with van der Waals surface area (Å²) in [5.74, 6) is 1.46. The molecular formula is C28H39N3O3. The molecule has 3 aromatic rings. The van der Waals surface area contributed by atoms with E-state index < -0.39 is 6.10 Å². The highest BCUT2D eigenvalue weighted by molar-refractivity contribution is 5.43. The molecule has 0 spiro atoms. The molecule has 1 N–H and O–H groups in total. The second-order valence-electron chi connectivity index (χ2n) is 9.80. The van der Waals surface area contributed by atoms with E-state index in [9.17, 15) is 5.11 Å². The predicted molar refractivity (Wildman–Crippen MR) is 137 cm³/mol. The fourth-order valence-corrected chi connectivity index (χ4v) is 3.70. The first-order valence-corrected chi connectivity index (χ1v) is 12.1. The van der Waals surface area contributed by atoms with Crippen molar-refractivity contribution in [2.24, 2.45) is 0 Å². The van der Waals surface area contributed by atoms with E-state index >= 15 is 0 Å². The average Bonchev–Trinajstić information content (AvgIpc) is 3.12. The van der Waals surface area contributed by atoms with E-state index in [4.69, 9.17) is 14.6 Å². The minimum absolute atomic E-state index is 0.272. The highest BCUT2D eigenvalue weighted by Gasteiger charge is 2.25. The standard InChI is InChI=1S/C28H39N3O3/c1-7-21(2)30(18-24(32)20-33-28(4,5)6)19-26-22(3)29-31(23-14-10-8-11-15-23)27(26)34-25-16-12-9-13-17-25/h8-17,21,24,32H,7,18-20H2,1-6H3. The summed E-state index contributed by atoms with van der Waals surface area (Å²) in [6, 6.07) is 20.1. The van der Waals surface area contributed by atoms with E-state index in [0.717, 1.165) is 29.1 Å². The third-order valence-corrected chi connectivity index (χ3v) is 5.83. The van der Waals surface area contributed by atoms with Crippen LogP contribution < -0.4 is 4.74 Å². The quantitative estimate of drug-likeness (QED) is 0.391. The lowest BCUT2D eigenvalue weighted by Crippen LogP contribution is -2.41. The Balaban J connectivity index is 1.93. The molecule has 0 saturated heterocycles.